The molecule has 0 spiro atoms. The molecule has 5 unspecified atom stereocenters. The molecule has 3 aliphatic rings. The second kappa shape index (κ2) is 5.45. The van der Waals surface area contributed by atoms with Crippen molar-refractivity contribution in [3.05, 3.63) is 12.3 Å². The summed E-state index contributed by atoms with van der Waals surface area (Å²) in [6, 6.07) is 0.904. The third-order valence-corrected chi connectivity index (χ3v) is 4.75. The molecule has 1 saturated heterocycles. The predicted molar refractivity (Wildman–Crippen MR) is 73.9 cm³/mol. The maximum atomic E-state index is 12.2. The quantitative estimate of drug-likeness (QED) is 0.773. The van der Waals surface area contributed by atoms with Gasteiger partial charge in [0.15, 0.2) is 0 Å². The molecule has 5 atom stereocenters. The predicted octanol–water partition coefficient (Wildman–Crippen LogP) is 1.91. The van der Waals surface area contributed by atoms with E-state index < -0.39 is 0 Å². The fourth-order valence-corrected chi connectivity index (χ4v) is 4.00. The van der Waals surface area contributed by atoms with Gasteiger partial charge in [0, 0.05) is 24.5 Å². The van der Waals surface area contributed by atoms with Crippen LogP contribution in [0, 0.1) is 17.8 Å². The Morgan fingerprint density at radius 1 is 1.42 bits per heavy atom. The summed E-state index contributed by atoms with van der Waals surface area (Å²) in [4.78, 5) is 16.4. The molecule has 1 saturated carbocycles. The monoisotopic (exact) mass is 262 g/mol. The van der Waals surface area contributed by atoms with Gasteiger partial charge in [-0.15, -0.1) is 0 Å². The molecule has 104 valence electrons. The Morgan fingerprint density at radius 2 is 2.32 bits per heavy atom. The molecule has 0 amide bonds. The van der Waals surface area contributed by atoms with Gasteiger partial charge in [0.2, 0.25) is 0 Å². The highest BCUT2D eigenvalue weighted by Gasteiger charge is 2.49. The average molecular weight is 262 g/mol. The van der Waals surface area contributed by atoms with E-state index in [1.165, 1.54) is 6.42 Å². The first kappa shape index (κ1) is 12.9. The van der Waals surface area contributed by atoms with Crippen molar-refractivity contribution in [1.82, 2.24) is 5.32 Å². The summed E-state index contributed by atoms with van der Waals surface area (Å²) in [6.45, 7) is 2.36. The Kier molecular flexibility index (Phi) is 3.69. The van der Waals surface area contributed by atoms with Gasteiger partial charge in [-0.3, -0.25) is 9.79 Å². The lowest BCUT2D eigenvalue weighted by molar-refractivity contribution is -0.151. The van der Waals surface area contributed by atoms with Crippen molar-refractivity contribution < 1.29 is 9.53 Å². The van der Waals surface area contributed by atoms with Gasteiger partial charge in [-0.25, -0.2) is 0 Å². The van der Waals surface area contributed by atoms with E-state index in [-0.39, 0.29) is 11.9 Å². The van der Waals surface area contributed by atoms with E-state index in [0.29, 0.717) is 30.5 Å². The van der Waals surface area contributed by atoms with Crippen LogP contribution in [0.5, 0.6) is 0 Å². The molecule has 0 bridgehead atoms. The van der Waals surface area contributed by atoms with Gasteiger partial charge >= 0.3 is 5.97 Å². The summed E-state index contributed by atoms with van der Waals surface area (Å²) in [5.74, 6) is 0.861. The van der Waals surface area contributed by atoms with E-state index in [2.05, 4.69) is 16.4 Å². The van der Waals surface area contributed by atoms with Crippen molar-refractivity contribution in [2.24, 2.45) is 22.7 Å². The molecule has 2 heterocycles. The minimum absolute atomic E-state index is 0.00165. The Balaban J connectivity index is 1.82. The largest absolute Gasteiger partial charge is 0.466 e. The standard InChI is InChI=1S/C15H22N2O2/c1-2-19-15(18)11-4-3-5-13-14(11)10-6-8-16-9-7-12(10)17-13/h6,8-14,17H,2-5,7H2,1H3. The number of aliphatic imine (C=N–C) groups is 1. The van der Waals surface area contributed by atoms with Crippen LogP contribution in [0.25, 0.3) is 0 Å². The van der Waals surface area contributed by atoms with Crippen molar-refractivity contribution >= 4 is 12.2 Å². The first-order valence-corrected chi connectivity index (χ1v) is 7.42. The van der Waals surface area contributed by atoms with Gasteiger partial charge in [-0.1, -0.05) is 12.5 Å². The van der Waals surface area contributed by atoms with Gasteiger partial charge in [-0.05, 0) is 38.0 Å². The first-order chi connectivity index (χ1) is 9.31. The molecule has 3 rings (SSSR count). The third kappa shape index (κ3) is 2.34. The molecule has 1 N–H and O–H groups in total. The highest BCUT2D eigenvalue weighted by Crippen LogP contribution is 2.43. The van der Waals surface area contributed by atoms with Crippen LogP contribution >= 0.6 is 0 Å². The van der Waals surface area contributed by atoms with E-state index in [1.807, 2.05) is 19.3 Å². The minimum Gasteiger partial charge on any atom is -0.466 e. The van der Waals surface area contributed by atoms with Crippen molar-refractivity contribution in [2.75, 3.05) is 6.61 Å². The molecular formula is C15H22N2O2. The van der Waals surface area contributed by atoms with Crippen LogP contribution in [-0.2, 0) is 9.53 Å². The van der Waals surface area contributed by atoms with E-state index >= 15 is 0 Å². The van der Waals surface area contributed by atoms with Crippen LogP contribution in [-0.4, -0.2) is 30.9 Å². The Labute approximate surface area is 114 Å². The molecule has 0 aromatic heterocycles. The molecular weight excluding hydrogens is 240 g/mol. The summed E-state index contributed by atoms with van der Waals surface area (Å²) < 4.78 is 5.28. The van der Waals surface area contributed by atoms with Gasteiger partial charge in [0.1, 0.15) is 0 Å². The topological polar surface area (TPSA) is 50.7 Å². The maximum absolute atomic E-state index is 12.2. The van der Waals surface area contributed by atoms with Crippen LogP contribution in [0.2, 0.25) is 0 Å². The normalized spacial score (nSPS) is 40.4. The molecule has 0 aromatic carbocycles. The summed E-state index contributed by atoms with van der Waals surface area (Å²) in [5.41, 5.74) is 0. The van der Waals surface area contributed by atoms with Crippen LogP contribution in [0.3, 0.4) is 0 Å². The minimum atomic E-state index is -0.00165. The van der Waals surface area contributed by atoms with Gasteiger partial charge in [0.25, 0.3) is 0 Å². The summed E-state index contributed by atoms with van der Waals surface area (Å²) in [7, 11) is 0. The molecule has 2 aliphatic heterocycles. The lowest BCUT2D eigenvalue weighted by Gasteiger charge is -2.34. The van der Waals surface area contributed by atoms with Gasteiger partial charge in [-0.2, -0.15) is 0 Å². The smallest absolute Gasteiger partial charge is 0.309 e. The fraction of sp³-hybridized carbons (Fsp3) is 0.733. The number of hydrogen-bond acceptors (Lipinski definition) is 4. The van der Waals surface area contributed by atoms with Crippen LogP contribution < -0.4 is 5.32 Å². The van der Waals surface area contributed by atoms with Crippen molar-refractivity contribution in [1.29, 1.82) is 0 Å². The van der Waals surface area contributed by atoms with E-state index in [4.69, 9.17) is 4.74 Å². The van der Waals surface area contributed by atoms with Gasteiger partial charge < -0.3 is 10.1 Å². The Morgan fingerprint density at radius 3 is 3.16 bits per heavy atom. The number of fused-ring (bicyclic) bond motifs is 3. The molecule has 2 fully saturated rings. The number of nitrogens with one attached hydrogen (secondary N) is 1. The third-order valence-electron chi connectivity index (χ3n) is 4.75. The summed E-state index contributed by atoms with van der Waals surface area (Å²) in [5, 5.41) is 3.71. The van der Waals surface area contributed by atoms with E-state index in [9.17, 15) is 4.79 Å². The second-order valence-corrected chi connectivity index (χ2v) is 5.73. The van der Waals surface area contributed by atoms with Crippen LogP contribution in [0.4, 0.5) is 0 Å². The van der Waals surface area contributed by atoms with Crippen molar-refractivity contribution in [2.45, 2.75) is 44.7 Å². The highest BCUT2D eigenvalue weighted by atomic mass is 16.5. The average Bonchev–Trinajstić information content (AvgIpc) is 2.61. The van der Waals surface area contributed by atoms with Gasteiger partial charge in [0.05, 0.1) is 12.5 Å². The Bertz CT molecular complexity index is 405. The number of carbonyl (C=O) groups excluding carboxylic acids is 1. The molecule has 4 nitrogen and oxygen atoms in total. The number of ether oxygens (including phenoxy) is 1. The second-order valence-electron chi connectivity index (χ2n) is 5.73. The number of rotatable bonds is 2. The summed E-state index contributed by atoms with van der Waals surface area (Å²) >= 11 is 0. The SMILES string of the molecule is CCOC(=O)C1CCCC2NC3CC=NC=CC3C21. The van der Waals surface area contributed by atoms with Crippen molar-refractivity contribution in [3.63, 3.8) is 0 Å². The van der Waals surface area contributed by atoms with Crippen molar-refractivity contribution in [3.8, 4) is 0 Å². The van der Waals surface area contributed by atoms with E-state index in [1.54, 1.807) is 0 Å². The Hall–Kier alpha value is -1.16. The zero-order chi connectivity index (χ0) is 13.2. The zero-order valence-electron chi connectivity index (χ0n) is 11.4. The molecule has 0 radical (unpaired) electrons. The lowest BCUT2D eigenvalue weighted by Crippen LogP contribution is -2.40. The highest BCUT2D eigenvalue weighted by molar-refractivity contribution is 5.73. The number of carbonyl (C=O) groups is 1. The maximum Gasteiger partial charge on any atom is 0.309 e. The number of nitrogens with zero attached hydrogens (tertiary/aromatic N) is 1. The molecule has 4 heteroatoms. The molecule has 1 aliphatic carbocycles. The van der Waals surface area contributed by atoms with Crippen LogP contribution in [0.1, 0.15) is 32.6 Å². The fourth-order valence-electron chi connectivity index (χ4n) is 4.00. The molecule has 0 aromatic rings. The first-order valence-electron chi connectivity index (χ1n) is 7.42. The molecule has 19 heavy (non-hydrogen) atoms. The summed E-state index contributed by atoms with van der Waals surface area (Å²) in [6.07, 6.45) is 10.3. The lowest BCUT2D eigenvalue weighted by atomic mass is 9.71. The number of hydrogen-bond donors (Lipinski definition) is 1. The van der Waals surface area contributed by atoms with Crippen LogP contribution in [0.15, 0.2) is 17.3 Å². The van der Waals surface area contributed by atoms with E-state index in [0.717, 1.165) is 19.3 Å². The zero-order valence-corrected chi connectivity index (χ0v) is 11.4. The number of esters is 1.